The number of halogens is 2. The predicted octanol–water partition coefficient (Wildman–Crippen LogP) is 1.74. The molecule has 0 aliphatic heterocycles. The molecule has 0 aromatic carbocycles. The molecule has 1 amide bonds. The van der Waals surface area contributed by atoms with E-state index in [-0.39, 0.29) is 21.8 Å². The molecule has 6 nitrogen and oxygen atoms in total. The number of aromatic nitrogens is 3. The van der Waals surface area contributed by atoms with Crippen LogP contribution in [-0.2, 0) is 6.42 Å². The minimum absolute atomic E-state index is 0.0674. The highest BCUT2D eigenvalue weighted by Crippen LogP contribution is 2.16. The third-order valence-corrected chi connectivity index (χ3v) is 2.59. The molecule has 8 heteroatoms. The zero-order valence-electron chi connectivity index (χ0n) is 9.06. The monoisotopic (exact) mass is 286 g/mol. The highest BCUT2D eigenvalue weighted by Gasteiger charge is 2.11. The van der Waals surface area contributed by atoms with E-state index in [1.165, 1.54) is 18.5 Å². The van der Waals surface area contributed by atoms with Crippen molar-refractivity contribution in [3.8, 4) is 0 Å². The smallest absolute Gasteiger partial charge is 0.254 e. The Morgan fingerprint density at radius 3 is 2.89 bits per heavy atom. The second kappa shape index (κ2) is 5.79. The lowest BCUT2D eigenvalue weighted by molar-refractivity contribution is 0.0953. The summed E-state index contributed by atoms with van der Waals surface area (Å²) in [6.07, 6.45) is 1.75. The molecule has 2 aromatic rings. The molecule has 0 saturated heterocycles. The van der Waals surface area contributed by atoms with Crippen molar-refractivity contribution in [3.63, 3.8) is 0 Å². The fourth-order valence-electron chi connectivity index (χ4n) is 1.27. The Labute approximate surface area is 112 Å². The van der Waals surface area contributed by atoms with Crippen LogP contribution in [0.25, 0.3) is 0 Å². The summed E-state index contributed by atoms with van der Waals surface area (Å²) in [5.74, 6) is 0.124. The highest BCUT2D eigenvalue weighted by molar-refractivity contribution is 6.34. The van der Waals surface area contributed by atoms with Gasteiger partial charge in [0.2, 0.25) is 5.89 Å². The lowest BCUT2D eigenvalue weighted by atomic mass is 10.2. The Bertz CT molecular complexity index is 545. The van der Waals surface area contributed by atoms with Gasteiger partial charge in [0, 0.05) is 13.0 Å². The van der Waals surface area contributed by atoms with Crippen molar-refractivity contribution in [3.05, 3.63) is 40.2 Å². The number of carbonyl (C=O) groups is 1. The number of nitrogens with zero attached hydrogens (tertiary/aromatic N) is 3. The first-order valence-corrected chi connectivity index (χ1v) is 5.78. The Hall–Kier alpha value is -1.66. The van der Waals surface area contributed by atoms with Gasteiger partial charge in [-0.2, -0.15) is 4.98 Å². The lowest BCUT2D eigenvalue weighted by Gasteiger charge is -2.04. The zero-order chi connectivity index (χ0) is 13.0. The molecule has 18 heavy (non-hydrogen) atoms. The largest absolute Gasteiger partial charge is 0.351 e. The average Bonchev–Trinajstić information content (AvgIpc) is 2.81. The molecule has 0 aliphatic carbocycles. The second-order valence-electron chi connectivity index (χ2n) is 3.31. The molecule has 2 aromatic heterocycles. The van der Waals surface area contributed by atoms with Crippen LogP contribution in [-0.4, -0.2) is 27.6 Å². The van der Waals surface area contributed by atoms with Crippen LogP contribution in [0.1, 0.15) is 16.2 Å². The maximum absolute atomic E-state index is 11.8. The molecule has 0 unspecified atom stereocenters. The van der Waals surface area contributed by atoms with Crippen LogP contribution in [0.2, 0.25) is 10.3 Å². The van der Waals surface area contributed by atoms with Gasteiger partial charge in [0.25, 0.3) is 5.91 Å². The number of pyridine rings is 1. The Kier molecular flexibility index (Phi) is 4.11. The van der Waals surface area contributed by atoms with Gasteiger partial charge in [-0.05, 0) is 12.1 Å². The van der Waals surface area contributed by atoms with Gasteiger partial charge < -0.3 is 9.84 Å². The Morgan fingerprint density at radius 1 is 1.39 bits per heavy atom. The van der Waals surface area contributed by atoms with Crippen molar-refractivity contribution in [1.82, 2.24) is 20.4 Å². The van der Waals surface area contributed by atoms with E-state index in [4.69, 9.17) is 27.7 Å². The number of carbonyl (C=O) groups excluding carboxylic acids is 1. The van der Waals surface area contributed by atoms with E-state index in [0.29, 0.717) is 18.9 Å². The molecule has 0 atom stereocenters. The van der Waals surface area contributed by atoms with Crippen LogP contribution >= 0.6 is 23.2 Å². The summed E-state index contributed by atoms with van der Waals surface area (Å²) in [7, 11) is 0. The fraction of sp³-hybridized carbons (Fsp3) is 0.200. The summed E-state index contributed by atoms with van der Waals surface area (Å²) in [6, 6.07) is 3.01. The number of nitrogens with one attached hydrogen (secondary N) is 1. The molecule has 2 rings (SSSR count). The van der Waals surface area contributed by atoms with Gasteiger partial charge in [0.15, 0.2) is 6.33 Å². The van der Waals surface area contributed by atoms with Crippen molar-refractivity contribution in [1.29, 1.82) is 0 Å². The van der Waals surface area contributed by atoms with E-state index < -0.39 is 0 Å². The van der Waals surface area contributed by atoms with Gasteiger partial charge in [0.05, 0.1) is 5.56 Å². The zero-order valence-corrected chi connectivity index (χ0v) is 10.6. The van der Waals surface area contributed by atoms with E-state index in [0.717, 1.165) is 0 Å². The minimum Gasteiger partial charge on any atom is -0.351 e. The van der Waals surface area contributed by atoms with Gasteiger partial charge in [0.1, 0.15) is 10.3 Å². The van der Waals surface area contributed by atoms with Gasteiger partial charge in [-0.3, -0.25) is 4.79 Å². The fourth-order valence-corrected chi connectivity index (χ4v) is 1.70. The van der Waals surface area contributed by atoms with Crippen molar-refractivity contribution in [2.45, 2.75) is 6.42 Å². The summed E-state index contributed by atoms with van der Waals surface area (Å²) >= 11 is 11.4. The highest BCUT2D eigenvalue weighted by atomic mass is 35.5. The molecule has 0 spiro atoms. The minimum atomic E-state index is -0.330. The van der Waals surface area contributed by atoms with Crippen LogP contribution in [0, 0.1) is 0 Å². The number of hydrogen-bond acceptors (Lipinski definition) is 5. The van der Waals surface area contributed by atoms with E-state index >= 15 is 0 Å². The SMILES string of the molecule is O=C(NCCc1ncno1)c1ccc(Cl)nc1Cl. The maximum Gasteiger partial charge on any atom is 0.254 e. The molecule has 0 fully saturated rings. The molecular formula is C10H8Cl2N4O2. The van der Waals surface area contributed by atoms with E-state index in [9.17, 15) is 4.79 Å². The third kappa shape index (κ3) is 3.18. The molecule has 0 saturated carbocycles. The van der Waals surface area contributed by atoms with Crippen LogP contribution < -0.4 is 5.32 Å². The Balaban J connectivity index is 1.91. The normalized spacial score (nSPS) is 10.3. The molecule has 2 heterocycles. The summed E-state index contributed by atoms with van der Waals surface area (Å²) in [6.45, 7) is 0.361. The summed E-state index contributed by atoms with van der Waals surface area (Å²) < 4.78 is 4.79. The Morgan fingerprint density at radius 2 is 2.22 bits per heavy atom. The molecule has 0 bridgehead atoms. The maximum atomic E-state index is 11.8. The van der Waals surface area contributed by atoms with Gasteiger partial charge >= 0.3 is 0 Å². The van der Waals surface area contributed by atoms with Crippen LogP contribution in [0.4, 0.5) is 0 Å². The molecule has 0 aliphatic rings. The topological polar surface area (TPSA) is 80.9 Å². The van der Waals surface area contributed by atoms with Crippen LogP contribution in [0.3, 0.4) is 0 Å². The average molecular weight is 287 g/mol. The van der Waals surface area contributed by atoms with Crippen LogP contribution in [0.5, 0.6) is 0 Å². The standard InChI is InChI=1S/C10H8Cl2N4O2/c11-7-2-1-6(9(12)16-7)10(17)13-4-3-8-14-5-15-18-8/h1-2,5H,3-4H2,(H,13,17). The number of rotatable bonds is 4. The van der Waals surface area contributed by atoms with Crippen molar-refractivity contribution in [2.75, 3.05) is 6.54 Å². The first-order chi connectivity index (χ1) is 8.66. The first-order valence-electron chi connectivity index (χ1n) is 5.02. The van der Waals surface area contributed by atoms with Crippen molar-refractivity contribution in [2.24, 2.45) is 0 Å². The lowest BCUT2D eigenvalue weighted by Crippen LogP contribution is -2.26. The molecule has 0 radical (unpaired) electrons. The van der Waals surface area contributed by atoms with Crippen molar-refractivity contribution < 1.29 is 9.32 Å². The van der Waals surface area contributed by atoms with Gasteiger partial charge in [-0.1, -0.05) is 28.4 Å². The van der Waals surface area contributed by atoms with Gasteiger partial charge in [-0.15, -0.1) is 0 Å². The molecule has 1 N–H and O–H groups in total. The van der Waals surface area contributed by atoms with Crippen molar-refractivity contribution >= 4 is 29.1 Å². The first kappa shape index (κ1) is 12.8. The third-order valence-electron chi connectivity index (χ3n) is 2.09. The quantitative estimate of drug-likeness (QED) is 0.866. The summed E-state index contributed by atoms with van der Waals surface area (Å²) in [5.41, 5.74) is 0.270. The van der Waals surface area contributed by atoms with E-state index in [1.54, 1.807) is 0 Å². The molecule has 94 valence electrons. The molecular weight excluding hydrogens is 279 g/mol. The second-order valence-corrected chi connectivity index (χ2v) is 4.06. The summed E-state index contributed by atoms with van der Waals surface area (Å²) in [5, 5.41) is 6.43. The summed E-state index contributed by atoms with van der Waals surface area (Å²) in [4.78, 5) is 19.4. The van der Waals surface area contributed by atoms with E-state index in [2.05, 4.69) is 20.4 Å². The predicted molar refractivity (Wildman–Crippen MR) is 64.6 cm³/mol. The van der Waals surface area contributed by atoms with Crippen LogP contribution in [0.15, 0.2) is 23.0 Å². The van der Waals surface area contributed by atoms with Gasteiger partial charge in [-0.25, -0.2) is 4.98 Å². The number of hydrogen-bond donors (Lipinski definition) is 1. The number of amides is 1. The van der Waals surface area contributed by atoms with E-state index in [1.807, 2.05) is 0 Å².